The zero-order chi connectivity index (χ0) is 12.4. The Morgan fingerprint density at radius 2 is 2.19 bits per heavy atom. The molecule has 0 aromatic carbocycles. The van der Waals surface area contributed by atoms with Gasteiger partial charge in [0.15, 0.2) is 0 Å². The smallest absolute Gasteiger partial charge is 0.127 e. The third-order valence-corrected chi connectivity index (χ3v) is 3.32. The van der Waals surface area contributed by atoms with Crippen LogP contribution in [0.1, 0.15) is 41.0 Å². The van der Waals surface area contributed by atoms with Gasteiger partial charge < -0.3 is 9.53 Å². The molecule has 0 amide bonds. The van der Waals surface area contributed by atoms with E-state index in [-0.39, 0.29) is 17.1 Å². The SMILES string of the molecule is CCC(C)(C=O)CN1CC(C)OC(C)(C)C1. The first kappa shape index (κ1) is 13.7. The van der Waals surface area contributed by atoms with Crippen molar-refractivity contribution in [2.45, 2.75) is 52.7 Å². The maximum absolute atomic E-state index is 11.1. The number of aldehydes is 1. The minimum Gasteiger partial charge on any atom is -0.370 e. The third-order valence-electron chi connectivity index (χ3n) is 3.32. The van der Waals surface area contributed by atoms with Crippen LogP contribution in [0, 0.1) is 5.41 Å². The summed E-state index contributed by atoms with van der Waals surface area (Å²) in [6, 6.07) is 0. The summed E-state index contributed by atoms with van der Waals surface area (Å²) in [5.74, 6) is 0. The number of morpholine rings is 1. The van der Waals surface area contributed by atoms with Crippen LogP contribution < -0.4 is 0 Å². The van der Waals surface area contributed by atoms with E-state index in [0.29, 0.717) is 0 Å². The molecule has 16 heavy (non-hydrogen) atoms. The Hall–Kier alpha value is -0.410. The first-order chi connectivity index (χ1) is 7.30. The Labute approximate surface area is 99.1 Å². The molecule has 0 spiro atoms. The van der Waals surface area contributed by atoms with Crippen molar-refractivity contribution in [1.82, 2.24) is 4.90 Å². The lowest BCUT2D eigenvalue weighted by molar-refractivity contribution is -0.138. The number of carbonyl (C=O) groups is 1. The second-order valence-electron chi connectivity index (χ2n) is 5.98. The van der Waals surface area contributed by atoms with E-state index in [4.69, 9.17) is 4.74 Å². The van der Waals surface area contributed by atoms with Crippen molar-refractivity contribution < 1.29 is 9.53 Å². The minimum atomic E-state index is -0.215. The Kier molecular flexibility index (Phi) is 4.13. The molecule has 2 atom stereocenters. The highest BCUT2D eigenvalue weighted by Crippen LogP contribution is 2.25. The lowest BCUT2D eigenvalue weighted by Gasteiger charge is -2.44. The van der Waals surface area contributed by atoms with Gasteiger partial charge in [0.05, 0.1) is 11.7 Å². The van der Waals surface area contributed by atoms with Crippen molar-refractivity contribution >= 4 is 6.29 Å². The quantitative estimate of drug-likeness (QED) is 0.689. The van der Waals surface area contributed by atoms with Gasteiger partial charge in [0, 0.05) is 25.0 Å². The molecule has 3 nitrogen and oxygen atoms in total. The van der Waals surface area contributed by atoms with Gasteiger partial charge in [0.2, 0.25) is 0 Å². The first-order valence-corrected chi connectivity index (χ1v) is 6.17. The predicted octanol–water partition coefficient (Wildman–Crippen LogP) is 2.10. The van der Waals surface area contributed by atoms with Crippen LogP contribution in [-0.2, 0) is 9.53 Å². The van der Waals surface area contributed by atoms with E-state index in [1.807, 2.05) is 6.92 Å². The van der Waals surface area contributed by atoms with Crippen molar-refractivity contribution in [3.63, 3.8) is 0 Å². The monoisotopic (exact) mass is 227 g/mol. The molecule has 94 valence electrons. The molecule has 0 radical (unpaired) electrons. The lowest BCUT2D eigenvalue weighted by atomic mass is 9.88. The average Bonchev–Trinajstić information content (AvgIpc) is 2.14. The zero-order valence-electron chi connectivity index (χ0n) is 11.2. The van der Waals surface area contributed by atoms with Crippen LogP contribution in [0.15, 0.2) is 0 Å². The topological polar surface area (TPSA) is 29.5 Å². The fourth-order valence-electron chi connectivity index (χ4n) is 2.45. The molecule has 0 saturated carbocycles. The van der Waals surface area contributed by atoms with Crippen LogP contribution in [0.2, 0.25) is 0 Å². The third kappa shape index (κ3) is 3.56. The summed E-state index contributed by atoms with van der Waals surface area (Å²) < 4.78 is 5.86. The lowest BCUT2D eigenvalue weighted by Crippen LogP contribution is -2.54. The molecule has 0 aliphatic carbocycles. The van der Waals surface area contributed by atoms with E-state index in [1.165, 1.54) is 0 Å². The molecule has 0 aromatic heterocycles. The second-order valence-corrected chi connectivity index (χ2v) is 5.98. The van der Waals surface area contributed by atoms with Gasteiger partial charge in [-0.05, 0) is 27.2 Å². The molecule has 0 bridgehead atoms. The van der Waals surface area contributed by atoms with E-state index >= 15 is 0 Å². The van der Waals surface area contributed by atoms with E-state index < -0.39 is 0 Å². The Bertz CT molecular complexity index is 252. The first-order valence-electron chi connectivity index (χ1n) is 6.17. The van der Waals surface area contributed by atoms with Crippen molar-refractivity contribution in [1.29, 1.82) is 0 Å². The average molecular weight is 227 g/mol. The van der Waals surface area contributed by atoms with Gasteiger partial charge in [-0.2, -0.15) is 0 Å². The summed E-state index contributed by atoms with van der Waals surface area (Å²) in [5, 5.41) is 0. The molecule has 0 aromatic rings. The standard InChI is InChI=1S/C13H25NO2/c1-6-13(5,10-15)9-14-7-11(2)16-12(3,4)8-14/h10-11H,6-9H2,1-5H3. The number of rotatable bonds is 4. The van der Waals surface area contributed by atoms with Crippen molar-refractivity contribution in [2.75, 3.05) is 19.6 Å². The molecule has 1 aliphatic rings. The van der Waals surface area contributed by atoms with Crippen LogP contribution in [0.25, 0.3) is 0 Å². The molecule has 1 aliphatic heterocycles. The van der Waals surface area contributed by atoms with E-state index in [1.54, 1.807) is 0 Å². The van der Waals surface area contributed by atoms with Gasteiger partial charge in [0.25, 0.3) is 0 Å². The number of nitrogens with zero attached hydrogens (tertiary/aromatic N) is 1. The number of hydrogen-bond acceptors (Lipinski definition) is 3. The highest BCUT2D eigenvalue weighted by atomic mass is 16.5. The maximum atomic E-state index is 11.1. The Morgan fingerprint density at radius 3 is 2.62 bits per heavy atom. The summed E-state index contributed by atoms with van der Waals surface area (Å²) in [5.41, 5.74) is -0.317. The zero-order valence-corrected chi connectivity index (χ0v) is 11.2. The molecule has 1 rings (SSSR count). The van der Waals surface area contributed by atoms with E-state index in [0.717, 1.165) is 32.3 Å². The molecule has 1 fully saturated rings. The van der Waals surface area contributed by atoms with Crippen molar-refractivity contribution in [3.8, 4) is 0 Å². The van der Waals surface area contributed by atoms with Gasteiger partial charge in [-0.1, -0.05) is 13.8 Å². The largest absolute Gasteiger partial charge is 0.370 e. The van der Waals surface area contributed by atoms with Gasteiger partial charge in [-0.15, -0.1) is 0 Å². The fourth-order valence-corrected chi connectivity index (χ4v) is 2.45. The molecule has 1 heterocycles. The molecule has 3 heteroatoms. The van der Waals surface area contributed by atoms with Crippen molar-refractivity contribution in [2.24, 2.45) is 5.41 Å². The van der Waals surface area contributed by atoms with Crippen LogP contribution in [0.4, 0.5) is 0 Å². The Balaban J connectivity index is 2.63. The molecule has 0 N–H and O–H groups in total. The van der Waals surface area contributed by atoms with Gasteiger partial charge in [0.1, 0.15) is 6.29 Å². The van der Waals surface area contributed by atoms with Gasteiger partial charge in [-0.25, -0.2) is 0 Å². The highest BCUT2D eigenvalue weighted by molar-refractivity contribution is 5.58. The molecule has 1 saturated heterocycles. The van der Waals surface area contributed by atoms with E-state index in [2.05, 4.69) is 32.6 Å². The maximum Gasteiger partial charge on any atom is 0.127 e. The van der Waals surface area contributed by atoms with E-state index in [9.17, 15) is 4.79 Å². The molecular weight excluding hydrogens is 202 g/mol. The summed E-state index contributed by atoms with van der Waals surface area (Å²) in [7, 11) is 0. The van der Waals surface area contributed by atoms with Crippen molar-refractivity contribution in [3.05, 3.63) is 0 Å². The number of hydrogen-bond donors (Lipinski definition) is 0. The highest BCUT2D eigenvalue weighted by Gasteiger charge is 2.34. The predicted molar refractivity (Wildman–Crippen MR) is 65.5 cm³/mol. The molecule has 2 unspecified atom stereocenters. The Morgan fingerprint density at radius 1 is 1.56 bits per heavy atom. The summed E-state index contributed by atoms with van der Waals surface area (Å²) in [4.78, 5) is 13.5. The van der Waals surface area contributed by atoms with Crippen LogP contribution in [0.5, 0.6) is 0 Å². The second kappa shape index (κ2) is 4.84. The summed E-state index contributed by atoms with van der Waals surface area (Å²) in [6.45, 7) is 13.1. The molecular formula is C13H25NO2. The summed E-state index contributed by atoms with van der Waals surface area (Å²) >= 11 is 0. The summed E-state index contributed by atoms with van der Waals surface area (Å²) in [6.07, 6.45) is 2.24. The number of carbonyl (C=O) groups excluding carboxylic acids is 1. The number of ether oxygens (including phenoxy) is 1. The van der Waals surface area contributed by atoms with Crippen LogP contribution in [-0.4, -0.2) is 42.5 Å². The minimum absolute atomic E-state index is 0.102. The fraction of sp³-hybridized carbons (Fsp3) is 0.923. The van der Waals surface area contributed by atoms with Gasteiger partial charge >= 0.3 is 0 Å². The van der Waals surface area contributed by atoms with Crippen LogP contribution in [0.3, 0.4) is 0 Å². The normalized spacial score (nSPS) is 29.7. The van der Waals surface area contributed by atoms with Crippen LogP contribution >= 0.6 is 0 Å². The van der Waals surface area contributed by atoms with Gasteiger partial charge in [-0.3, -0.25) is 4.90 Å².